The van der Waals surface area contributed by atoms with Crippen LogP contribution in [-0.2, 0) is 4.79 Å². The first-order valence-electron chi connectivity index (χ1n) is 11.5. The fraction of sp³-hybridized carbons (Fsp3) is 0.346. The van der Waals surface area contributed by atoms with Gasteiger partial charge in [0.05, 0.1) is 5.56 Å². The molecule has 6 nitrogen and oxygen atoms in total. The number of aromatic nitrogens is 1. The Morgan fingerprint density at radius 1 is 1.18 bits per heavy atom. The van der Waals surface area contributed by atoms with Crippen LogP contribution in [0.1, 0.15) is 41.1 Å². The fourth-order valence-electron chi connectivity index (χ4n) is 4.82. The zero-order valence-electron chi connectivity index (χ0n) is 18.4. The number of rotatable bonds is 5. The number of amides is 2. The lowest BCUT2D eigenvalue weighted by Crippen LogP contribution is -2.38. The van der Waals surface area contributed by atoms with Crippen molar-refractivity contribution in [2.24, 2.45) is 5.92 Å². The van der Waals surface area contributed by atoms with Crippen molar-refractivity contribution in [3.05, 3.63) is 71.8 Å². The van der Waals surface area contributed by atoms with Crippen LogP contribution in [0.2, 0.25) is 0 Å². The van der Waals surface area contributed by atoms with Crippen LogP contribution >= 0.6 is 0 Å². The lowest BCUT2D eigenvalue weighted by atomic mass is 9.96. The normalized spacial score (nSPS) is 20.9. The van der Waals surface area contributed by atoms with Crippen molar-refractivity contribution in [3.8, 4) is 0 Å². The number of nitrogens with zero attached hydrogens (tertiary/aromatic N) is 2. The number of fused-ring (bicyclic) bond motifs is 1. The van der Waals surface area contributed by atoms with Crippen molar-refractivity contribution in [1.82, 2.24) is 15.6 Å². The molecule has 2 saturated heterocycles. The number of carbonyl (C=O) groups excluding carboxylic acids is 2. The van der Waals surface area contributed by atoms with E-state index in [1.54, 1.807) is 23.4 Å². The molecule has 3 aromatic rings. The summed E-state index contributed by atoms with van der Waals surface area (Å²) in [6.45, 7) is 2.91. The van der Waals surface area contributed by atoms with Crippen LogP contribution in [0, 0.1) is 11.7 Å². The number of halogens is 1. The first-order chi connectivity index (χ1) is 16.1. The second kappa shape index (κ2) is 9.27. The summed E-state index contributed by atoms with van der Waals surface area (Å²) in [4.78, 5) is 31.1. The number of piperidine rings is 1. The molecule has 5 rings (SSSR count). The molecule has 2 amide bonds. The third kappa shape index (κ3) is 4.59. The summed E-state index contributed by atoms with van der Waals surface area (Å²) >= 11 is 0. The topological polar surface area (TPSA) is 74.3 Å². The maximum Gasteiger partial charge on any atom is 0.254 e. The molecule has 2 aromatic carbocycles. The monoisotopic (exact) mass is 446 g/mol. The number of hydrogen-bond donors (Lipinski definition) is 2. The minimum absolute atomic E-state index is 0.0109. The van der Waals surface area contributed by atoms with E-state index in [-0.39, 0.29) is 23.3 Å². The van der Waals surface area contributed by atoms with Crippen molar-refractivity contribution < 1.29 is 14.0 Å². The average molecular weight is 447 g/mol. The molecule has 1 aromatic heterocycles. The molecule has 2 aliphatic rings. The quantitative estimate of drug-likeness (QED) is 0.628. The van der Waals surface area contributed by atoms with Crippen molar-refractivity contribution in [2.75, 3.05) is 31.1 Å². The van der Waals surface area contributed by atoms with Crippen LogP contribution < -0.4 is 15.5 Å². The molecule has 0 saturated carbocycles. The maximum atomic E-state index is 14.8. The molecule has 2 atom stereocenters. The van der Waals surface area contributed by atoms with E-state index in [4.69, 9.17) is 0 Å². The van der Waals surface area contributed by atoms with E-state index in [1.165, 1.54) is 12.1 Å². The Hall–Kier alpha value is -3.32. The largest absolute Gasteiger partial charge is 0.352 e. The summed E-state index contributed by atoms with van der Waals surface area (Å²) in [6.07, 6.45) is 5.99. The van der Waals surface area contributed by atoms with E-state index in [0.29, 0.717) is 25.4 Å². The molecule has 2 N–H and O–H groups in total. The van der Waals surface area contributed by atoms with Gasteiger partial charge in [-0.1, -0.05) is 12.1 Å². The van der Waals surface area contributed by atoms with Crippen LogP contribution in [0.3, 0.4) is 0 Å². The molecular formula is C26H27FN4O2. The number of hydrogen-bond acceptors (Lipinski definition) is 4. The zero-order valence-corrected chi connectivity index (χ0v) is 18.4. The third-order valence-electron chi connectivity index (χ3n) is 6.72. The number of benzene rings is 2. The zero-order chi connectivity index (χ0) is 22.8. The van der Waals surface area contributed by atoms with Gasteiger partial charge in [0.2, 0.25) is 5.91 Å². The minimum Gasteiger partial charge on any atom is -0.352 e. The SMILES string of the molecule is O=C(NC[C@@H]1CCCNC1)c1ccc(C2CC(=O)N(c3ccc4cnccc4c3)C2)cc1F. The highest BCUT2D eigenvalue weighted by molar-refractivity contribution is 5.99. The van der Waals surface area contributed by atoms with Gasteiger partial charge >= 0.3 is 0 Å². The summed E-state index contributed by atoms with van der Waals surface area (Å²) in [7, 11) is 0. The summed E-state index contributed by atoms with van der Waals surface area (Å²) in [6, 6.07) is 12.5. The predicted molar refractivity (Wildman–Crippen MR) is 126 cm³/mol. The molecule has 2 aliphatic heterocycles. The van der Waals surface area contributed by atoms with Crippen LogP contribution in [0.15, 0.2) is 54.9 Å². The van der Waals surface area contributed by atoms with E-state index < -0.39 is 5.82 Å². The van der Waals surface area contributed by atoms with Crippen LogP contribution in [0.5, 0.6) is 0 Å². The van der Waals surface area contributed by atoms with Gasteiger partial charge in [-0.15, -0.1) is 0 Å². The fourth-order valence-corrected chi connectivity index (χ4v) is 4.82. The van der Waals surface area contributed by atoms with Crippen molar-refractivity contribution in [1.29, 1.82) is 0 Å². The molecule has 33 heavy (non-hydrogen) atoms. The summed E-state index contributed by atoms with van der Waals surface area (Å²) in [5, 5.41) is 8.21. The van der Waals surface area contributed by atoms with E-state index in [0.717, 1.165) is 48.0 Å². The lowest BCUT2D eigenvalue weighted by Gasteiger charge is -2.23. The molecule has 1 unspecified atom stereocenters. The van der Waals surface area contributed by atoms with Crippen LogP contribution in [0.4, 0.5) is 10.1 Å². The molecule has 0 aliphatic carbocycles. The van der Waals surface area contributed by atoms with Gasteiger partial charge in [0, 0.05) is 48.9 Å². The third-order valence-corrected chi connectivity index (χ3v) is 6.72. The van der Waals surface area contributed by atoms with Crippen molar-refractivity contribution in [3.63, 3.8) is 0 Å². The van der Waals surface area contributed by atoms with Gasteiger partial charge in [0.15, 0.2) is 0 Å². The Bertz CT molecular complexity index is 1190. The average Bonchev–Trinajstić information content (AvgIpc) is 3.24. The second-order valence-corrected chi connectivity index (χ2v) is 8.97. The van der Waals surface area contributed by atoms with Crippen molar-refractivity contribution in [2.45, 2.75) is 25.2 Å². The van der Waals surface area contributed by atoms with E-state index in [1.807, 2.05) is 24.3 Å². The molecule has 7 heteroatoms. The van der Waals surface area contributed by atoms with Gasteiger partial charge in [0.1, 0.15) is 5.82 Å². The summed E-state index contributed by atoms with van der Waals surface area (Å²) in [5.74, 6) is -0.663. The molecule has 170 valence electrons. The highest BCUT2D eigenvalue weighted by Crippen LogP contribution is 2.33. The number of nitrogens with one attached hydrogen (secondary N) is 2. The summed E-state index contributed by atoms with van der Waals surface area (Å²) < 4.78 is 14.8. The van der Waals surface area contributed by atoms with Gasteiger partial charge in [0.25, 0.3) is 5.91 Å². The van der Waals surface area contributed by atoms with Crippen LogP contribution in [0.25, 0.3) is 10.8 Å². The number of pyridine rings is 1. The Balaban J connectivity index is 1.27. The Labute approximate surface area is 192 Å². The highest BCUT2D eigenvalue weighted by Gasteiger charge is 2.32. The maximum absolute atomic E-state index is 14.8. The number of anilines is 1. The Morgan fingerprint density at radius 2 is 2.09 bits per heavy atom. The summed E-state index contributed by atoms with van der Waals surface area (Å²) in [5.41, 5.74) is 1.61. The molecule has 0 radical (unpaired) electrons. The minimum atomic E-state index is -0.545. The lowest BCUT2D eigenvalue weighted by molar-refractivity contribution is -0.117. The van der Waals surface area contributed by atoms with Gasteiger partial charge in [-0.05, 0) is 73.1 Å². The number of carbonyl (C=O) groups is 2. The van der Waals surface area contributed by atoms with E-state index in [2.05, 4.69) is 15.6 Å². The molecule has 0 spiro atoms. The smallest absolute Gasteiger partial charge is 0.254 e. The molecule has 2 fully saturated rings. The molecule has 3 heterocycles. The van der Waals surface area contributed by atoms with E-state index in [9.17, 15) is 14.0 Å². The van der Waals surface area contributed by atoms with Crippen molar-refractivity contribution >= 4 is 28.3 Å². The van der Waals surface area contributed by atoms with Gasteiger partial charge in [-0.3, -0.25) is 14.6 Å². The molecule has 0 bridgehead atoms. The predicted octanol–water partition coefficient (Wildman–Crippen LogP) is 3.62. The van der Waals surface area contributed by atoms with Gasteiger partial charge in [-0.25, -0.2) is 4.39 Å². The first-order valence-corrected chi connectivity index (χ1v) is 11.5. The van der Waals surface area contributed by atoms with Gasteiger partial charge in [-0.2, -0.15) is 0 Å². The van der Waals surface area contributed by atoms with E-state index >= 15 is 0 Å². The second-order valence-electron chi connectivity index (χ2n) is 8.97. The first kappa shape index (κ1) is 21.5. The van der Waals surface area contributed by atoms with Crippen LogP contribution in [-0.4, -0.2) is 43.0 Å². The highest BCUT2D eigenvalue weighted by atomic mass is 19.1. The Kier molecular flexibility index (Phi) is 6.05. The van der Waals surface area contributed by atoms with Gasteiger partial charge < -0.3 is 15.5 Å². The molecular weight excluding hydrogens is 419 g/mol. The Morgan fingerprint density at radius 3 is 2.91 bits per heavy atom. The standard InChI is InChI=1S/C26H27FN4O2/c27-24-11-18(4-6-23(24)26(33)30-14-17-2-1-8-28-13-17)21-12-25(32)31(16-21)22-5-3-20-15-29-9-7-19(20)10-22/h3-7,9-11,15,17,21,28H,1-2,8,12-14,16H2,(H,30,33)/t17-,21?/m1/s1.